The van der Waals surface area contributed by atoms with Crippen molar-refractivity contribution < 1.29 is 23.1 Å². The molecule has 3 aromatic carbocycles. The number of alkyl halides is 3. The summed E-state index contributed by atoms with van der Waals surface area (Å²) < 4.78 is 38.4. The van der Waals surface area contributed by atoms with E-state index in [0.29, 0.717) is 11.1 Å². The number of rotatable bonds is 2. The van der Waals surface area contributed by atoms with Crippen LogP contribution < -0.4 is 0 Å². The van der Waals surface area contributed by atoms with E-state index in [4.69, 9.17) is 5.11 Å². The number of carbonyl (C=O) groups is 1. The Labute approximate surface area is 129 Å². The summed E-state index contributed by atoms with van der Waals surface area (Å²) in [5.41, 5.74) is 0.580. The number of halogens is 3. The summed E-state index contributed by atoms with van der Waals surface area (Å²) in [6.07, 6.45) is -4.39. The molecule has 0 radical (unpaired) electrons. The Bertz CT molecular complexity index is 898. The third-order valence-corrected chi connectivity index (χ3v) is 3.61. The van der Waals surface area contributed by atoms with Gasteiger partial charge in [-0.25, -0.2) is 4.79 Å². The van der Waals surface area contributed by atoms with E-state index in [2.05, 4.69) is 0 Å². The van der Waals surface area contributed by atoms with E-state index in [-0.39, 0.29) is 5.56 Å². The minimum atomic E-state index is -4.39. The highest BCUT2D eigenvalue weighted by Crippen LogP contribution is 2.33. The first-order chi connectivity index (χ1) is 10.8. The standard InChI is InChI=1S/C18H11F3O2/c19-18(20,21)16-3-1-2-11(10-16)12-4-5-14-9-15(17(22)23)7-6-13(14)8-12/h1-10H,(H,22,23). The van der Waals surface area contributed by atoms with Crippen molar-refractivity contribution in [3.63, 3.8) is 0 Å². The second-order valence-corrected chi connectivity index (χ2v) is 5.16. The largest absolute Gasteiger partial charge is 0.478 e. The molecule has 0 aromatic heterocycles. The van der Waals surface area contributed by atoms with Crippen molar-refractivity contribution in [1.82, 2.24) is 0 Å². The molecule has 0 aliphatic rings. The predicted octanol–water partition coefficient (Wildman–Crippen LogP) is 5.22. The summed E-state index contributed by atoms with van der Waals surface area (Å²) in [5, 5.41) is 10.5. The van der Waals surface area contributed by atoms with Crippen molar-refractivity contribution in [2.75, 3.05) is 0 Å². The zero-order chi connectivity index (χ0) is 16.6. The van der Waals surface area contributed by atoms with Crippen LogP contribution in [0.2, 0.25) is 0 Å². The molecule has 0 atom stereocenters. The molecule has 0 unspecified atom stereocenters. The van der Waals surface area contributed by atoms with E-state index in [0.717, 1.165) is 22.9 Å². The highest BCUT2D eigenvalue weighted by atomic mass is 19.4. The van der Waals surface area contributed by atoms with Gasteiger partial charge in [0, 0.05) is 0 Å². The first-order valence-electron chi connectivity index (χ1n) is 6.79. The Kier molecular flexibility index (Phi) is 3.56. The Hall–Kier alpha value is -2.82. The highest BCUT2D eigenvalue weighted by Gasteiger charge is 2.30. The van der Waals surface area contributed by atoms with Crippen LogP contribution >= 0.6 is 0 Å². The quantitative estimate of drug-likeness (QED) is 0.703. The van der Waals surface area contributed by atoms with E-state index in [9.17, 15) is 18.0 Å². The monoisotopic (exact) mass is 316 g/mol. The van der Waals surface area contributed by atoms with Crippen LogP contribution in [0.1, 0.15) is 15.9 Å². The number of carboxylic acid groups (broad SMARTS) is 1. The maximum absolute atomic E-state index is 12.8. The highest BCUT2D eigenvalue weighted by molar-refractivity contribution is 5.95. The molecule has 0 saturated heterocycles. The van der Waals surface area contributed by atoms with Gasteiger partial charge in [-0.1, -0.05) is 30.3 Å². The second-order valence-electron chi connectivity index (χ2n) is 5.16. The lowest BCUT2D eigenvalue weighted by Gasteiger charge is -2.09. The summed E-state index contributed by atoms with van der Waals surface area (Å²) in [6.45, 7) is 0. The first-order valence-corrected chi connectivity index (χ1v) is 6.79. The Morgan fingerprint density at radius 1 is 0.826 bits per heavy atom. The molecule has 2 nitrogen and oxygen atoms in total. The fourth-order valence-electron chi connectivity index (χ4n) is 2.43. The minimum Gasteiger partial charge on any atom is -0.478 e. The second kappa shape index (κ2) is 5.43. The zero-order valence-corrected chi connectivity index (χ0v) is 11.8. The van der Waals surface area contributed by atoms with Gasteiger partial charge in [0.15, 0.2) is 0 Å². The fourth-order valence-corrected chi connectivity index (χ4v) is 2.43. The molecule has 3 rings (SSSR count). The lowest BCUT2D eigenvalue weighted by atomic mass is 9.98. The molecular weight excluding hydrogens is 305 g/mol. The smallest absolute Gasteiger partial charge is 0.416 e. The van der Waals surface area contributed by atoms with Gasteiger partial charge in [0.1, 0.15) is 0 Å². The number of hydrogen-bond acceptors (Lipinski definition) is 1. The van der Waals surface area contributed by atoms with Crippen molar-refractivity contribution in [2.45, 2.75) is 6.18 Å². The third kappa shape index (κ3) is 3.04. The van der Waals surface area contributed by atoms with Crippen LogP contribution in [0.5, 0.6) is 0 Å². The van der Waals surface area contributed by atoms with Crippen LogP contribution in [0.4, 0.5) is 13.2 Å². The summed E-state index contributed by atoms with van der Waals surface area (Å²) in [5.74, 6) is -1.02. The Balaban J connectivity index is 2.07. The topological polar surface area (TPSA) is 37.3 Å². The van der Waals surface area contributed by atoms with Crippen LogP contribution in [0.15, 0.2) is 60.7 Å². The first kappa shape index (κ1) is 15.1. The van der Waals surface area contributed by atoms with E-state index in [1.807, 2.05) is 0 Å². The number of benzene rings is 3. The number of fused-ring (bicyclic) bond motifs is 1. The molecule has 0 heterocycles. The molecule has 0 spiro atoms. The number of aromatic carboxylic acids is 1. The molecule has 1 N–H and O–H groups in total. The van der Waals surface area contributed by atoms with Crippen molar-refractivity contribution in [3.05, 3.63) is 71.8 Å². The van der Waals surface area contributed by atoms with Crippen LogP contribution in [-0.2, 0) is 6.18 Å². The van der Waals surface area contributed by atoms with E-state index >= 15 is 0 Å². The van der Waals surface area contributed by atoms with Crippen molar-refractivity contribution in [1.29, 1.82) is 0 Å². The molecule has 23 heavy (non-hydrogen) atoms. The molecule has 0 bridgehead atoms. The third-order valence-electron chi connectivity index (χ3n) is 3.61. The van der Waals surface area contributed by atoms with Gasteiger partial charge in [0.05, 0.1) is 11.1 Å². The molecule has 0 amide bonds. The summed E-state index contributed by atoms with van der Waals surface area (Å²) in [7, 11) is 0. The molecule has 116 valence electrons. The van der Waals surface area contributed by atoms with Crippen molar-refractivity contribution in [3.8, 4) is 11.1 Å². The molecule has 0 fully saturated rings. The molecule has 0 aliphatic carbocycles. The normalized spacial score (nSPS) is 11.6. The van der Waals surface area contributed by atoms with Crippen molar-refractivity contribution in [2.24, 2.45) is 0 Å². The Morgan fingerprint density at radius 3 is 2.17 bits per heavy atom. The number of hydrogen-bond donors (Lipinski definition) is 1. The molecule has 0 aliphatic heterocycles. The van der Waals surface area contributed by atoms with Gasteiger partial charge in [-0.2, -0.15) is 13.2 Å². The van der Waals surface area contributed by atoms with Crippen molar-refractivity contribution >= 4 is 16.7 Å². The van der Waals surface area contributed by atoms with E-state index in [1.165, 1.54) is 18.2 Å². The van der Waals surface area contributed by atoms with E-state index < -0.39 is 17.7 Å². The van der Waals surface area contributed by atoms with Gasteiger partial charge in [-0.3, -0.25) is 0 Å². The summed E-state index contributed by atoms with van der Waals surface area (Å²) >= 11 is 0. The number of carboxylic acids is 1. The molecule has 0 saturated carbocycles. The van der Waals surface area contributed by atoms with Crippen LogP contribution in [0.3, 0.4) is 0 Å². The molecule has 5 heteroatoms. The van der Waals surface area contributed by atoms with Gasteiger partial charge in [-0.05, 0) is 52.2 Å². The summed E-state index contributed by atoms with van der Waals surface area (Å²) in [4.78, 5) is 11.0. The fraction of sp³-hybridized carbons (Fsp3) is 0.0556. The summed E-state index contributed by atoms with van der Waals surface area (Å²) in [6, 6.07) is 14.9. The average molecular weight is 316 g/mol. The maximum atomic E-state index is 12.8. The SMILES string of the molecule is O=C(O)c1ccc2cc(-c3cccc(C(F)(F)F)c3)ccc2c1. The van der Waals surface area contributed by atoms with Gasteiger partial charge in [0.25, 0.3) is 0 Å². The predicted molar refractivity (Wildman–Crippen MR) is 81.3 cm³/mol. The van der Waals surface area contributed by atoms with Crippen LogP contribution in [0, 0.1) is 0 Å². The van der Waals surface area contributed by atoms with Gasteiger partial charge in [0.2, 0.25) is 0 Å². The zero-order valence-electron chi connectivity index (χ0n) is 11.8. The molecular formula is C18H11F3O2. The van der Waals surface area contributed by atoms with Gasteiger partial charge < -0.3 is 5.11 Å². The Morgan fingerprint density at radius 2 is 1.48 bits per heavy atom. The van der Waals surface area contributed by atoms with Crippen LogP contribution in [-0.4, -0.2) is 11.1 Å². The minimum absolute atomic E-state index is 0.171. The molecule has 3 aromatic rings. The van der Waals surface area contributed by atoms with Gasteiger partial charge in [-0.15, -0.1) is 0 Å². The van der Waals surface area contributed by atoms with Crippen LogP contribution in [0.25, 0.3) is 21.9 Å². The lowest BCUT2D eigenvalue weighted by Crippen LogP contribution is -2.04. The lowest BCUT2D eigenvalue weighted by molar-refractivity contribution is -0.137. The average Bonchev–Trinajstić information content (AvgIpc) is 2.53. The van der Waals surface area contributed by atoms with Gasteiger partial charge >= 0.3 is 12.1 Å². The van der Waals surface area contributed by atoms with E-state index in [1.54, 1.807) is 30.3 Å². The maximum Gasteiger partial charge on any atom is 0.416 e.